The summed E-state index contributed by atoms with van der Waals surface area (Å²) >= 11 is 0. The van der Waals surface area contributed by atoms with Crippen LogP contribution in [0.3, 0.4) is 0 Å². The molecular weight excluding hydrogens is 352 g/mol. The van der Waals surface area contributed by atoms with Gasteiger partial charge in [0.2, 0.25) is 10.0 Å². The van der Waals surface area contributed by atoms with Crippen LogP contribution in [0.1, 0.15) is 29.8 Å². The molecule has 0 spiro atoms. The third-order valence-corrected chi connectivity index (χ3v) is 6.06. The van der Waals surface area contributed by atoms with Crippen molar-refractivity contribution >= 4 is 28.3 Å². The molecule has 1 fully saturated rings. The number of nitrogens with zero attached hydrogens (tertiary/aromatic N) is 3. The van der Waals surface area contributed by atoms with Crippen LogP contribution in [0.25, 0.3) is 0 Å². The van der Waals surface area contributed by atoms with Crippen molar-refractivity contribution in [3.05, 3.63) is 18.0 Å². The first kappa shape index (κ1) is 21.0. The largest absolute Gasteiger partial charge is 0.345 e. The van der Waals surface area contributed by atoms with Gasteiger partial charge >= 0.3 is 0 Å². The molecule has 1 amide bonds. The summed E-state index contributed by atoms with van der Waals surface area (Å²) in [4.78, 5) is 14.2. The zero-order valence-electron chi connectivity index (χ0n) is 14.5. The van der Waals surface area contributed by atoms with Crippen LogP contribution in [0.4, 0.5) is 0 Å². The summed E-state index contributed by atoms with van der Waals surface area (Å²) in [5.74, 6) is -0.178. The van der Waals surface area contributed by atoms with Crippen LogP contribution in [0.2, 0.25) is 0 Å². The minimum Gasteiger partial charge on any atom is -0.345 e. The van der Waals surface area contributed by atoms with Crippen molar-refractivity contribution in [2.24, 2.45) is 7.05 Å². The maximum atomic E-state index is 12.7. The Morgan fingerprint density at radius 3 is 2.50 bits per heavy atom. The van der Waals surface area contributed by atoms with Crippen molar-refractivity contribution in [2.45, 2.75) is 24.2 Å². The van der Waals surface area contributed by atoms with Crippen LogP contribution in [0.15, 0.2) is 17.2 Å². The van der Waals surface area contributed by atoms with Crippen LogP contribution in [-0.4, -0.2) is 68.4 Å². The van der Waals surface area contributed by atoms with E-state index in [0.29, 0.717) is 31.9 Å². The van der Waals surface area contributed by atoms with Gasteiger partial charge in [-0.25, -0.2) is 8.42 Å². The number of piperidine rings is 1. The van der Waals surface area contributed by atoms with Gasteiger partial charge in [0.25, 0.3) is 5.91 Å². The van der Waals surface area contributed by atoms with Gasteiger partial charge in [0.1, 0.15) is 10.6 Å². The molecule has 0 bridgehead atoms. The summed E-state index contributed by atoms with van der Waals surface area (Å²) in [6.07, 6.45) is 4.39. The smallest absolute Gasteiger partial charge is 0.270 e. The Morgan fingerprint density at radius 1 is 1.29 bits per heavy atom. The van der Waals surface area contributed by atoms with E-state index in [0.717, 1.165) is 19.3 Å². The number of aromatic nitrogens is 1. The van der Waals surface area contributed by atoms with E-state index in [2.05, 4.69) is 5.32 Å². The van der Waals surface area contributed by atoms with E-state index >= 15 is 0 Å². The minimum atomic E-state index is -3.51. The highest BCUT2D eigenvalue weighted by Gasteiger charge is 2.28. The third kappa shape index (κ3) is 4.50. The number of carbonyl (C=O) groups excluding carboxylic acids is 1. The monoisotopic (exact) mass is 378 g/mol. The lowest BCUT2D eigenvalue weighted by Gasteiger charge is -2.25. The summed E-state index contributed by atoms with van der Waals surface area (Å²) in [6.45, 7) is 2.37. The molecule has 0 atom stereocenters. The topological polar surface area (TPSA) is 74.7 Å². The molecule has 2 heterocycles. The van der Waals surface area contributed by atoms with Gasteiger partial charge in [-0.2, -0.15) is 4.31 Å². The lowest BCUT2D eigenvalue weighted by molar-refractivity contribution is 0.0787. The molecule has 1 aliphatic heterocycles. The van der Waals surface area contributed by atoms with Crippen molar-refractivity contribution in [3.8, 4) is 0 Å². The third-order valence-electron chi connectivity index (χ3n) is 4.20. The molecule has 0 aromatic carbocycles. The molecule has 24 heavy (non-hydrogen) atoms. The van der Waals surface area contributed by atoms with Gasteiger partial charge in [-0.1, -0.05) is 6.42 Å². The number of halogens is 1. The van der Waals surface area contributed by atoms with Gasteiger partial charge in [-0.15, -0.1) is 12.4 Å². The second kappa shape index (κ2) is 8.84. The van der Waals surface area contributed by atoms with Gasteiger partial charge in [-0.3, -0.25) is 4.79 Å². The fraction of sp³-hybridized carbons (Fsp3) is 0.667. The predicted octanol–water partition coefficient (Wildman–Crippen LogP) is 0.913. The van der Waals surface area contributed by atoms with Crippen LogP contribution in [0.5, 0.6) is 0 Å². The fourth-order valence-corrected chi connectivity index (χ4v) is 4.31. The Bertz CT molecular complexity index is 654. The zero-order valence-corrected chi connectivity index (χ0v) is 16.1. The SMILES string of the molecule is CNCCN(C)C(=O)c1cc(S(=O)(=O)N2CCCCC2)cn1C.Cl. The number of carbonyl (C=O) groups is 1. The number of sulfonamides is 1. The Labute approximate surface area is 150 Å². The number of nitrogens with one attached hydrogen (secondary N) is 1. The highest BCUT2D eigenvalue weighted by molar-refractivity contribution is 7.89. The average molecular weight is 379 g/mol. The quantitative estimate of drug-likeness (QED) is 0.798. The van der Waals surface area contributed by atoms with Crippen LogP contribution in [0, 0.1) is 0 Å². The highest BCUT2D eigenvalue weighted by atomic mass is 35.5. The lowest BCUT2D eigenvalue weighted by atomic mass is 10.2. The van der Waals surface area contributed by atoms with E-state index < -0.39 is 10.0 Å². The standard InChI is InChI=1S/C15H26N4O3S.ClH/c1-16-7-10-17(2)15(20)14-11-13(12-18(14)3)23(21,22)19-8-5-4-6-9-19;/h11-12,16H,4-10H2,1-3H3;1H. The van der Waals surface area contributed by atoms with Crippen molar-refractivity contribution in [2.75, 3.05) is 40.3 Å². The first-order valence-corrected chi connectivity index (χ1v) is 9.38. The average Bonchev–Trinajstić information content (AvgIpc) is 2.95. The molecule has 7 nitrogen and oxygen atoms in total. The van der Waals surface area contributed by atoms with Gasteiger partial charge in [0.05, 0.1) is 0 Å². The lowest BCUT2D eigenvalue weighted by Crippen LogP contribution is -2.35. The molecule has 1 saturated heterocycles. The molecule has 1 aliphatic rings. The van der Waals surface area contributed by atoms with Gasteiger partial charge in [0, 0.05) is 46.5 Å². The molecule has 1 aromatic rings. The molecule has 0 unspecified atom stereocenters. The molecule has 0 radical (unpaired) electrons. The molecule has 0 aliphatic carbocycles. The summed E-state index contributed by atoms with van der Waals surface area (Å²) in [5.41, 5.74) is 0.388. The number of rotatable bonds is 6. The summed E-state index contributed by atoms with van der Waals surface area (Å²) in [5, 5.41) is 2.99. The minimum absolute atomic E-state index is 0. The summed E-state index contributed by atoms with van der Waals surface area (Å²) in [7, 11) is 1.73. The predicted molar refractivity (Wildman–Crippen MR) is 96.2 cm³/mol. The van der Waals surface area contributed by atoms with Crippen molar-refractivity contribution in [1.82, 2.24) is 19.1 Å². The molecule has 0 saturated carbocycles. The van der Waals surface area contributed by atoms with E-state index in [1.807, 2.05) is 7.05 Å². The van der Waals surface area contributed by atoms with Gasteiger partial charge in [0.15, 0.2) is 0 Å². The number of hydrogen-bond donors (Lipinski definition) is 1. The van der Waals surface area contributed by atoms with E-state index in [1.165, 1.54) is 16.6 Å². The van der Waals surface area contributed by atoms with E-state index in [4.69, 9.17) is 0 Å². The number of amides is 1. The molecule has 1 aromatic heterocycles. The van der Waals surface area contributed by atoms with Gasteiger partial charge in [-0.05, 0) is 26.0 Å². The molecular formula is C15H27ClN4O3S. The second-order valence-electron chi connectivity index (χ2n) is 5.97. The van der Waals surface area contributed by atoms with Crippen LogP contribution >= 0.6 is 12.4 Å². The van der Waals surface area contributed by atoms with Crippen molar-refractivity contribution in [3.63, 3.8) is 0 Å². The fourth-order valence-electron chi connectivity index (χ4n) is 2.72. The maximum Gasteiger partial charge on any atom is 0.270 e. The molecule has 138 valence electrons. The van der Waals surface area contributed by atoms with Crippen LogP contribution < -0.4 is 5.32 Å². The second-order valence-corrected chi connectivity index (χ2v) is 7.90. The first-order valence-electron chi connectivity index (χ1n) is 7.94. The maximum absolute atomic E-state index is 12.7. The van der Waals surface area contributed by atoms with E-state index in [-0.39, 0.29) is 23.2 Å². The first-order chi connectivity index (χ1) is 10.9. The van der Waals surface area contributed by atoms with Gasteiger partial charge < -0.3 is 14.8 Å². The zero-order chi connectivity index (χ0) is 17.0. The van der Waals surface area contributed by atoms with E-state index in [9.17, 15) is 13.2 Å². The normalized spacial score (nSPS) is 15.8. The molecule has 9 heteroatoms. The van der Waals surface area contributed by atoms with Crippen molar-refractivity contribution in [1.29, 1.82) is 0 Å². The van der Waals surface area contributed by atoms with Crippen molar-refractivity contribution < 1.29 is 13.2 Å². The summed E-state index contributed by atoms with van der Waals surface area (Å²) in [6, 6.07) is 1.49. The molecule has 2 rings (SSSR count). The Hall–Kier alpha value is -1.09. The Morgan fingerprint density at radius 2 is 1.92 bits per heavy atom. The highest BCUT2D eigenvalue weighted by Crippen LogP contribution is 2.22. The van der Waals surface area contributed by atoms with E-state index in [1.54, 1.807) is 23.6 Å². The van der Waals surface area contributed by atoms with Crippen LogP contribution in [-0.2, 0) is 17.1 Å². The molecule has 1 N–H and O–H groups in total. The summed E-state index contributed by atoms with van der Waals surface area (Å²) < 4.78 is 28.5. The number of hydrogen-bond acceptors (Lipinski definition) is 4. The Kier molecular flexibility index (Phi) is 7.72. The number of aryl methyl sites for hydroxylation is 1. The number of likely N-dealkylation sites (N-methyl/N-ethyl adjacent to an activating group) is 2. The Balaban J connectivity index is 0.00000288.